The summed E-state index contributed by atoms with van der Waals surface area (Å²) in [7, 11) is 0. The zero-order valence-corrected chi connectivity index (χ0v) is 19.5. The normalized spacial score (nSPS) is 18.5. The molecule has 2 aliphatic rings. The first-order chi connectivity index (χ1) is 16.4. The lowest BCUT2D eigenvalue weighted by Gasteiger charge is -2.23. The van der Waals surface area contributed by atoms with Crippen LogP contribution in [0.1, 0.15) is 44.1 Å². The van der Waals surface area contributed by atoms with E-state index in [1.54, 1.807) is 10.8 Å². The Hall–Kier alpha value is -3.72. The topological polar surface area (TPSA) is 98.9 Å². The number of nitrogens with zero attached hydrogens (tertiary/aromatic N) is 5. The molecule has 34 heavy (non-hydrogen) atoms. The average molecular weight is 458 g/mol. The van der Waals surface area contributed by atoms with Gasteiger partial charge in [-0.1, -0.05) is 13.8 Å². The van der Waals surface area contributed by atoms with Crippen molar-refractivity contribution in [2.45, 2.75) is 58.2 Å². The van der Waals surface area contributed by atoms with Crippen molar-refractivity contribution >= 4 is 22.8 Å². The minimum Gasteiger partial charge on any atom is -0.439 e. The van der Waals surface area contributed by atoms with Crippen molar-refractivity contribution in [2.24, 2.45) is 0 Å². The molecule has 0 fully saturated rings. The van der Waals surface area contributed by atoms with Crippen LogP contribution in [-0.2, 0) is 24.9 Å². The lowest BCUT2D eigenvalue weighted by atomic mass is 9.89. The monoisotopic (exact) mass is 457 g/mol. The van der Waals surface area contributed by atoms with Crippen molar-refractivity contribution in [3.8, 4) is 11.6 Å². The van der Waals surface area contributed by atoms with Gasteiger partial charge in [0.05, 0.1) is 11.2 Å². The third-order valence-electron chi connectivity index (χ3n) is 6.88. The molecule has 0 saturated carbocycles. The van der Waals surface area contributed by atoms with E-state index in [9.17, 15) is 4.79 Å². The van der Waals surface area contributed by atoms with Crippen molar-refractivity contribution in [2.75, 3.05) is 5.32 Å². The summed E-state index contributed by atoms with van der Waals surface area (Å²) in [6.45, 7) is 8.12. The highest BCUT2D eigenvalue weighted by Crippen LogP contribution is 2.35. The molecule has 2 N–H and O–H groups in total. The van der Waals surface area contributed by atoms with Crippen molar-refractivity contribution in [3.63, 3.8) is 0 Å². The number of carbonyl (C=O) groups excluding carboxylic acids is 1. The molecule has 0 radical (unpaired) electrons. The van der Waals surface area contributed by atoms with E-state index in [0.717, 1.165) is 47.2 Å². The van der Waals surface area contributed by atoms with Gasteiger partial charge in [0, 0.05) is 53.5 Å². The van der Waals surface area contributed by atoms with Gasteiger partial charge in [-0.05, 0) is 44.0 Å². The lowest BCUT2D eigenvalue weighted by Crippen LogP contribution is -2.33. The van der Waals surface area contributed by atoms with E-state index in [1.165, 1.54) is 6.33 Å². The number of nitrogens with one attached hydrogen (secondary N) is 2. The minimum absolute atomic E-state index is 0.0734. The van der Waals surface area contributed by atoms with E-state index in [0.29, 0.717) is 30.0 Å². The second kappa shape index (κ2) is 7.66. The molecule has 3 aromatic heterocycles. The Kier molecular flexibility index (Phi) is 4.70. The highest BCUT2D eigenvalue weighted by Gasteiger charge is 2.32. The van der Waals surface area contributed by atoms with Crippen LogP contribution < -0.4 is 15.4 Å². The Bertz CT molecular complexity index is 1420. The molecule has 9 heteroatoms. The zero-order valence-electron chi connectivity index (χ0n) is 19.5. The third kappa shape index (κ3) is 3.52. The smallest absolute Gasteiger partial charge is 0.331 e. The maximum atomic E-state index is 13.0. The quantitative estimate of drug-likeness (QED) is 0.478. The number of carbonyl (C=O) groups is 1. The van der Waals surface area contributed by atoms with Gasteiger partial charge in [0.2, 0.25) is 5.88 Å². The van der Waals surface area contributed by atoms with Crippen molar-refractivity contribution in [3.05, 3.63) is 59.8 Å². The largest absolute Gasteiger partial charge is 0.439 e. The van der Waals surface area contributed by atoms with E-state index >= 15 is 0 Å². The van der Waals surface area contributed by atoms with Crippen LogP contribution in [-0.4, -0.2) is 36.4 Å². The molecule has 5 heterocycles. The van der Waals surface area contributed by atoms with E-state index in [1.807, 2.05) is 35.0 Å². The Labute approximate surface area is 197 Å². The van der Waals surface area contributed by atoms with Gasteiger partial charge in [-0.25, -0.2) is 14.8 Å². The predicted molar refractivity (Wildman–Crippen MR) is 128 cm³/mol. The number of anilines is 1. The van der Waals surface area contributed by atoms with Crippen LogP contribution in [0.3, 0.4) is 0 Å². The molecule has 0 bridgehead atoms. The standard InChI is InChI=1S/C25H27N7O2/c1-15-10-18-19(13-26-15)27-14-28-23(18)34-17-4-5-20-16(11-17)6-8-31(20)24(33)29-22-12-21-25(2,3)7-9-32(21)30-22/h4-6,8,11-12,14-15,26H,7,9-10,13H2,1-3H3,(H,29,30,33)/t15-/m0/s1. The van der Waals surface area contributed by atoms with Crippen LogP contribution in [0.2, 0.25) is 0 Å². The number of fused-ring (bicyclic) bond motifs is 3. The Balaban J connectivity index is 1.23. The summed E-state index contributed by atoms with van der Waals surface area (Å²) < 4.78 is 9.73. The molecule has 0 unspecified atom stereocenters. The van der Waals surface area contributed by atoms with Crippen molar-refractivity contribution in [1.82, 2.24) is 29.6 Å². The van der Waals surface area contributed by atoms with Crippen LogP contribution in [0.5, 0.6) is 11.6 Å². The summed E-state index contributed by atoms with van der Waals surface area (Å²) in [5.74, 6) is 1.84. The van der Waals surface area contributed by atoms with E-state index in [4.69, 9.17) is 4.74 Å². The van der Waals surface area contributed by atoms with Gasteiger partial charge in [0.15, 0.2) is 5.82 Å². The van der Waals surface area contributed by atoms with Crippen molar-refractivity contribution in [1.29, 1.82) is 0 Å². The van der Waals surface area contributed by atoms with Gasteiger partial charge in [-0.3, -0.25) is 14.6 Å². The minimum atomic E-state index is -0.246. The molecule has 6 rings (SSSR count). The fourth-order valence-corrected chi connectivity index (χ4v) is 4.87. The lowest BCUT2D eigenvalue weighted by molar-refractivity contribution is 0.254. The van der Waals surface area contributed by atoms with Gasteiger partial charge in [-0.15, -0.1) is 0 Å². The summed E-state index contributed by atoms with van der Waals surface area (Å²) in [6, 6.07) is 9.65. The molecule has 2 aliphatic heterocycles. The Morgan fingerprint density at radius 1 is 1.24 bits per heavy atom. The second-order valence-electron chi connectivity index (χ2n) is 9.80. The molecule has 0 spiro atoms. The number of aryl methyl sites for hydroxylation is 1. The first-order valence-corrected chi connectivity index (χ1v) is 11.6. The van der Waals surface area contributed by atoms with E-state index in [-0.39, 0.29) is 11.4 Å². The number of amides is 1. The highest BCUT2D eigenvalue weighted by molar-refractivity contribution is 5.98. The van der Waals surface area contributed by atoms with Crippen LogP contribution in [0, 0.1) is 0 Å². The summed E-state index contributed by atoms with van der Waals surface area (Å²) in [4.78, 5) is 21.7. The Morgan fingerprint density at radius 2 is 2.12 bits per heavy atom. The molecule has 9 nitrogen and oxygen atoms in total. The SMILES string of the molecule is C[C@H]1Cc2c(ncnc2Oc2ccc3c(ccn3C(=O)Nc3cc4n(n3)CCC4(C)C)c2)CN1. The molecule has 1 aromatic carbocycles. The van der Waals surface area contributed by atoms with Crippen LogP contribution in [0.25, 0.3) is 10.9 Å². The fraction of sp³-hybridized carbons (Fsp3) is 0.360. The average Bonchev–Trinajstić information content (AvgIpc) is 3.49. The molecule has 0 aliphatic carbocycles. The van der Waals surface area contributed by atoms with Crippen LogP contribution in [0.15, 0.2) is 42.9 Å². The molecular formula is C25H27N7O2. The van der Waals surface area contributed by atoms with Crippen LogP contribution in [0.4, 0.5) is 10.6 Å². The van der Waals surface area contributed by atoms with Gasteiger partial charge >= 0.3 is 6.03 Å². The summed E-state index contributed by atoms with van der Waals surface area (Å²) in [5.41, 5.74) is 4.03. The number of hydrogen-bond donors (Lipinski definition) is 2. The molecule has 1 atom stereocenters. The number of hydrogen-bond acceptors (Lipinski definition) is 6. The summed E-state index contributed by atoms with van der Waals surface area (Å²) in [6.07, 6.45) is 5.18. The number of ether oxygens (including phenoxy) is 1. The molecule has 0 saturated heterocycles. The van der Waals surface area contributed by atoms with E-state index < -0.39 is 0 Å². The molecule has 174 valence electrons. The number of rotatable bonds is 3. The van der Waals surface area contributed by atoms with Gasteiger partial charge in [-0.2, -0.15) is 5.10 Å². The fourth-order valence-electron chi connectivity index (χ4n) is 4.87. The first kappa shape index (κ1) is 20.9. The van der Waals surface area contributed by atoms with Crippen molar-refractivity contribution < 1.29 is 9.53 Å². The highest BCUT2D eigenvalue weighted by atomic mass is 16.5. The molecular weight excluding hydrogens is 430 g/mol. The number of aromatic nitrogens is 5. The van der Waals surface area contributed by atoms with Gasteiger partial charge in [0.1, 0.15) is 12.1 Å². The number of benzene rings is 1. The maximum Gasteiger partial charge on any atom is 0.331 e. The van der Waals surface area contributed by atoms with Gasteiger partial charge < -0.3 is 10.1 Å². The second-order valence-corrected chi connectivity index (χ2v) is 9.80. The third-order valence-corrected chi connectivity index (χ3v) is 6.88. The zero-order chi connectivity index (χ0) is 23.4. The maximum absolute atomic E-state index is 13.0. The first-order valence-electron chi connectivity index (χ1n) is 11.6. The summed E-state index contributed by atoms with van der Waals surface area (Å²) in [5, 5.41) is 11.8. The van der Waals surface area contributed by atoms with Gasteiger partial charge in [0.25, 0.3) is 0 Å². The molecule has 1 amide bonds. The van der Waals surface area contributed by atoms with E-state index in [2.05, 4.69) is 46.5 Å². The van der Waals surface area contributed by atoms with Crippen LogP contribution >= 0.6 is 0 Å². The molecule has 4 aromatic rings. The predicted octanol–water partition coefficient (Wildman–Crippen LogP) is 4.22. The summed E-state index contributed by atoms with van der Waals surface area (Å²) >= 11 is 0. The Morgan fingerprint density at radius 3 is 2.97 bits per heavy atom.